The lowest BCUT2D eigenvalue weighted by Gasteiger charge is -2.13. The Morgan fingerprint density at radius 2 is 1.81 bits per heavy atom. The summed E-state index contributed by atoms with van der Waals surface area (Å²) in [5, 5.41) is 2.26. The van der Waals surface area contributed by atoms with E-state index in [9.17, 15) is 14.4 Å². The first-order chi connectivity index (χ1) is 14.9. The van der Waals surface area contributed by atoms with Crippen LogP contribution in [-0.2, 0) is 9.59 Å². The van der Waals surface area contributed by atoms with Crippen LogP contribution in [0.15, 0.2) is 66.1 Å². The highest BCUT2D eigenvalue weighted by atomic mass is 32.2. The zero-order valence-corrected chi connectivity index (χ0v) is 18.3. The summed E-state index contributed by atoms with van der Waals surface area (Å²) in [4.78, 5) is 38.5. The monoisotopic (exact) mass is 436 g/mol. The maximum absolute atomic E-state index is 12.6. The van der Waals surface area contributed by atoms with E-state index in [1.54, 1.807) is 36.4 Å². The second kappa shape index (κ2) is 10.1. The summed E-state index contributed by atoms with van der Waals surface area (Å²) in [6.45, 7) is 7.85. The number of nitrogens with one attached hydrogen (secondary N) is 1. The first kappa shape index (κ1) is 22.4. The minimum absolute atomic E-state index is 0.277. The Labute approximate surface area is 186 Å². The quantitative estimate of drug-likeness (QED) is 0.463. The molecule has 7 heteroatoms. The molecule has 3 amide bonds. The van der Waals surface area contributed by atoms with E-state index >= 15 is 0 Å². The van der Waals surface area contributed by atoms with Crippen LogP contribution in [0.2, 0.25) is 0 Å². The lowest BCUT2D eigenvalue weighted by molar-refractivity contribution is -0.127. The van der Waals surface area contributed by atoms with Gasteiger partial charge in [0.15, 0.2) is 0 Å². The van der Waals surface area contributed by atoms with E-state index in [-0.39, 0.29) is 11.4 Å². The van der Waals surface area contributed by atoms with Crippen molar-refractivity contribution >= 4 is 40.6 Å². The van der Waals surface area contributed by atoms with Gasteiger partial charge in [0.05, 0.1) is 4.91 Å². The molecule has 6 nitrogen and oxygen atoms in total. The number of imide groups is 1. The van der Waals surface area contributed by atoms with Gasteiger partial charge in [0, 0.05) is 5.69 Å². The number of rotatable bonds is 8. The smallest absolute Gasteiger partial charge is 0.294 e. The summed E-state index contributed by atoms with van der Waals surface area (Å²) in [7, 11) is 0. The summed E-state index contributed by atoms with van der Waals surface area (Å²) < 4.78 is 5.43. The Morgan fingerprint density at radius 3 is 2.42 bits per heavy atom. The van der Waals surface area contributed by atoms with E-state index in [1.165, 1.54) is 0 Å². The van der Waals surface area contributed by atoms with Crippen molar-refractivity contribution in [3.63, 3.8) is 0 Å². The van der Waals surface area contributed by atoms with E-state index in [0.717, 1.165) is 27.8 Å². The molecule has 0 spiro atoms. The predicted molar refractivity (Wildman–Crippen MR) is 124 cm³/mol. The predicted octanol–water partition coefficient (Wildman–Crippen LogP) is 5.05. The molecule has 3 rings (SSSR count). The SMILES string of the molecule is C=CCOc1ccc(/C=C2/SC(=O)N(CC(=O)Nc3ccc(C(C)C)cc3)C2=O)cc1. The number of hydrogen-bond acceptors (Lipinski definition) is 5. The molecule has 0 atom stereocenters. The van der Waals surface area contributed by atoms with E-state index in [2.05, 4.69) is 25.7 Å². The molecule has 1 aliphatic heterocycles. The molecule has 0 aliphatic carbocycles. The summed E-state index contributed by atoms with van der Waals surface area (Å²) in [6.07, 6.45) is 3.28. The van der Waals surface area contributed by atoms with Crippen molar-refractivity contribution in [3.05, 3.63) is 77.2 Å². The summed E-state index contributed by atoms with van der Waals surface area (Å²) in [6, 6.07) is 14.6. The standard InChI is InChI=1S/C24H24N2O4S/c1-4-13-30-20-11-5-17(6-12-20)14-21-23(28)26(24(29)31-21)15-22(27)25-19-9-7-18(8-10-19)16(2)3/h4-12,14,16H,1,13,15H2,2-3H3,(H,25,27)/b21-14+. The highest BCUT2D eigenvalue weighted by molar-refractivity contribution is 8.18. The fourth-order valence-corrected chi connectivity index (χ4v) is 3.74. The third-order valence-corrected chi connectivity index (χ3v) is 5.49. The van der Waals surface area contributed by atoms with Crippen LogP contribution in [0.1, 0.15) is 30.9 Å². The first-order valence-electron chi connectivity index (χ1n) is 9.86. The number of amides is 3. The van der Waals surface area contributed by atoms with Gasteiger partial charge < -0.3 is 10.1 Å². The lowest BCUT2D eigenvalue weighted by atomic mass is 10.0. The van der Waals surface area contributed by atoms with Crippen molar-refractivity contribution in [2.45, 2.75) is 19.8 Å². The Hall–Kier alpha value is -3.32. The van der Waals surface area contributed by atoms with Gasteiger partial charge in [-0.15, -0.1) is 0 Å². The molecule has 0 bridgehead atoms. The van der Waals surface area contributed by atoms with Crippen LogP contribution in [0.3, 0.4) is 0 Å². The van der Waals surface area contributed by atoms with Crippen LogP contribution < -0.4 is 10.1 Å². The third kappa shape index (κ3) is 5.86. The Kier molecular flexibility index (Phi) is 7.31. The van der Waals surface area contributed by atoms with Crippen LogP contribution >= 0.6 is 11.8 Å². The average molecular weight is 437 g/mol. The zero-order valence-electron chi connectivity index (χ0n) is 17.5. The molecule has 0 unspecified atom stereocenters. The van der Waals surface area contributed by atoms with Crippen LogP contribution in [0, 0.1) is 0 Å². The molecule has 31 heavy (non-hydrogen) atoms. The molecule has 1 fully saturated rings. The Morgan fingerprint density at radius 1 is 1.13 bits per heavy atom. The molecule has 2 aromatic rings. The van der Waals surface area contributed by atoms with Gasteiger partial charge >= 0.3 is 0 Å². The number of thioether (sulfide) groups is 1. The molecule has 0 radical (unpaired) electrons. The highest BCUT2D eigenvalue weighted by Gasteiger charge is 2.36. The number of hydrogen-bond donors (Lipinski definition) is 1. The molecule has 0 saturated carbocycles. The van der Waals surface area contributed by atoms with Crippen molar-refractivity contribution < 1.29 is 19.1 Å². The van der Waals surface area contributed by atoms with E-state index in [0.29, 0.717) is 24.0 Å². The van der Waals surface area contributed by atoms with Crippen molar-refractivity contribution in [2.24, 2.45) is 0 Å². The third-order valence-electron chi connectivity index (χ3n) is 4.58. The average Bonchev–Trinajstić information content (AvgIpc) is 3.01. The van der Waals surface area contributed by atoms with Gasteiger partial charge in [-0.1, -0.05) is 50.8 Å². The number of anilines is 1. The number of nitrogens with zero attached hydrogens (tertiary/aromatic N) is 1. The van der Waals surface area contributed by atoms with Crippen molar-refractivity contribution in [3.8, 4) is 5.75 Å². The molecule has 1 aliphatic rings. The van der Waals surface area contributed by atoms with Gasteiger partial charge in [-0.2, -0.15) is 0 Å². The minimum atomic E-state index is -0.479. The fourth-order valence-electron chi connectivity index (χ4n) is 2.90. The van der Waals surface area contributed by atoms with Gasteiger partial charge in [-0.3, -0.25) is 19.3 Å². The molecule has 2 aromatic carbocycles. The largest absolute Gasteiger partial charge is 0.490 e. The maximum Gasteiger partial charge on any atom is 0.294 e. The van der Waals surface area contributed by atoms with Gasteiger partial charge in [0.1, 0.15) is 18.9 Å². The Bertz CT molecular complexity index is 1010. The van der Waals surface area contributed by atoms with Crippen molar-refractivity contribution in [2.75, 3.05) is 18.5 Å². The highest BCUT2D eigenvalue weighted by Crippen LogP contribution is 2.32. The number of carbonyl (C=O) groups is 3. The molecular weight excluding hydrogens is 412 g/mol. The number of carbonyl (C=O) groups excluding carboxylic acids is 3. The molecule has 0 aromatic heterocycles. The summed E-state index contributed by atoms with van der Waals surface area (Å²) >= 11 is 0.822. The van der Waals surface area contributed by atoms with Crippen LogP contribution in [0.25, 0.3) is 6.08 Å². The van der Waals surface area contributed by atoms with Crippen molar-refractivity contribution in [1.29, 1.82) is 0 Å². The number of benzene rings is 2. The van der Waals surface area contributed by atoms with Crippen molar-refractivity contribution in [1.82, 2.24) is 4.90 Å². The topological polar surface area (TPSA) is 75.7 Å². The minimum Gasteiger partial charge on any atom is -0.490 e. The van der Waals surface area contributed by atoms with Gasteiger partial charge in [-0.25, -0.2) is 0 Å². The van der Waals surface area contributed by atoms with E-state index in [1.807, 2.05) is 24.3 Å². The summed E-state index contributed by atoms with van der Waals surface area (Å²) in [5.41, 5.74) is 2.54. The maximum atomic E-state index is 12.6. The lowest BCUT2D eigenvalue weighted by Crippen LogP contribution is -2.36. The summed E-state index contributed by atoms with van der Waals surface area (Å²) in [5.74, 6) is 0.169. The molecule has 160 valence electrons. The van der Waals surface area contributed by atoms with Crippen LogP contribution in [-0.4, -0.2) is 35.1 Å². The van der Waals surface area contributed by atoms with E-state index < -0.39 is 17.1 Å². The molecule has 1 heterocycles. The van der Waals surface area contributed by atoms with Gasteiger partial charge in [-0.05, 0) is 59.1 Å². The zero-order chi connectivity index (χ0) is 22.4. The van der Waals surface area contributed by atoms with Gasteiger partial charge in [0.25, 0.3) is 11.1 Å². The second-order valence-electron chi connectivity index (χ2n) is 7.26. The van der Waals surface area contributed by atoms with Crippen LogP contribution in [0.4, 0.5) is 10.5 Å². The first-order valence-corrected chi connectivity index (χ1v) is 10.7. The number of ether oxygens (including phenoxy) is 1. The van der Waals surface area contributed by atoms with Gasteiger partial charge in [0.2, 0.25) is 5.91 Å². The second-order valence-corrected chi connectivity index (χ2v) is 8.25. The molecule has 1 saturated heterocycles. The van der Waals surface area contributed by atoms with E-state index in [4.69, 9.17) is 4.74 Å². The van der Waals surface area contributed by atoms with Crippen LogP contribution in [0.5, 0.6) is 5.75 Å². The normalized spacial score (nSPS) is 14.9. The Balaban J connectivity index is 1.62. The fraction of sp³-hybridized carbons (Fsp3) is 0.208. The molecular formula is C24H24N2O4S. The molecule has 1 N–H and O–H groups in total.